The lowest BCUT2D eigenvalue weighted by molar-refractivity contribution is 0.584. The van der Waals surface area contributed by atoms with Crippen molar-refractivity contribution < 1.29 is 4.42 Å². The van der Waals surface area contributed by atoms with Gasteiger partial charge in [0.2, 0.25) is 5.89 Å². The highest BCUT2D eigenvalue weighted by molar-refractivity contribution is 7.12. The van der Waals surface area contributed by atoms with Crippen LogP contribution in [0.4, 0.5) is 0 Å². The minimum absolute atomic E-state index is 0.468. The smallest absolute Gasteiger partial charge is 0.277 e. The molecule has 5 heteroatoms. The summed E-state index contributed by atoms with van der Waals surface area (Å²) in [6.07, 6.45) is 1.72. The second kappa shape index (κ2) is 4.10. The van der Waals surface area contributed by atoms with E-state index in [1.807, 2.05) is 36.6 Å². The van der Waals surface area contributed by atoms with Crippen LogP contribution in [0.25, 0.3) is 22.4 Å². The van der Waals surface area contributed by atoms with Crippen molar-refractivity contribution in [1.82, 2.24) is 15.2 Å². The Morgan fingerprint density at radius 3 is 2.53 bits per heavy atom. The molecular formula is C12H9N3OS. The molecule has 84 valence electrons. The van der Waals surface area contributed by atoms with Crippen LogP contribution >= 0.6 is 11.3 Å². The van der Waals surface area contributed by atoms with Gasteiger partial charge in [0, 0.05) is 17.1 Å². The van der Waals surface area contributed by atoms with E-state index in [1.165, 1.54) is 16.9 Å². The SMILES string of the molecule is Cc1ccc(-c2nnc(-c3nccs3)o2)cc1. The van der Waals surface area contributed by atoms with Gasteiger partial charge in [-0.15, -0.1) is 21.5 Å². The zero-order valence-corrected chi connectivity index (χ0v) is 9.94. The van der Waals surface area contributed by atoms with Crippen LogP contribution in [0.2, 0.25) is 0 Å². The Hall–Kier alpha value is -2.01. The Kier molecular flexibility index (Phi) is 2.45. The summed E-state index contributed by atoms with van der Waals surface area (Å²) in [4.78, 5) is 4.13. The third-order valence-corrected chi connectivity index (χ3v) is 3.10. The van der Waals surface area contributed by atoms with Gasteiger partial charge in [-0.1, -0.05) is 17.7 Å². The summed E-state index contributed by atoms with van der Waals surface area (Å²) in [5.41, 5.74) is 2.12. The van der Waals surface area contributed by atoms with Crippen LogP contribution in [-0.4, -0.2) is 15.2 Å². The van der Waals surface area contributed by atoms with Crippen LogP contribution in [0.1, 0.15) is 5.56 Å². The Morgan fingerprint density at radius 1 is 1.06 bits per heavy atom. The lowest BCUT2D eigenvalue weighted by Crippen LogP contribution is -1.78. The topological polar surface area (TPSA) is 51.8 Å². The predicted molar refractivity (Wildman–Crippen MR) is 65.6 cm³/mol. The molecule has 0 saturated heterocycles. The second-order valence-corrected chi connectivity index (χ2v) is 4.51. The molecule has 0 aliphatic heterocycles. The Morgan fingerprint density at radius 2 is 1.82 bits per heavy atom. The van der Waals surface area contributed by atoms with Crippen LogP contribution in [0, 0.1) is 6.92 Å². The molecule has 0 saturated carbocycles. The number of rotatable bonds is 2. The summed E-state index contributed by atoms with van der Waals surface area (Å²) < 4.78 is 5.58. The van der Waals surface area contributed by atoms with E-state index in [0.29, 0.717) is 11.8 Å². The molecule has 0 spiro atoms. The van der Waals surface area contributed by atoms with E-state index < -0.39 is 0 Å². The van der Waals surface area contributed by atoms with Crippen LogP contribution in [0.3, 0.4) is 0 Å². The van der Waals surface area contributed by atoms with Crippen LogP contribution in [-0.2, 0) is 0 Å². The first kappa shape index (κ1) is 10.2. The van der Waals surface area contributed by atoms with Gasteiger partial charge < -0.3 is 4.42 Å². The first-order valence-electron chi connectivity index (χ1n) is 5.13. The third kappa shape index (κ3) is 1.97. The van der Waals surface area contributed by atoms with Crippen molar-refractivity contribution in [3.63, 3.8) is 0 Å². The van der Waals surface area contributed by atoms with Gasteiger partial charge in [0.1, 0.15) is 0 Å². The average molecular weight is 243 g/mol. The minimum Gasteiger partial charge on any atom is -0.414 e. The number of benzene rings is 1. The van der Waals surface area contributed by atoms with Crippen molar-refractivity contribution in [2.45, 2.75) is 6.92 Å². The van der Waals surface area contributed by atoms with Gasteiger partial charge in [-0.2, -0.15) is 0 Å². The molecule has 0 bridgehead atoms. The van der Waals surface area contributed by atoms with E-state index >= 15 is 0 Å². The molecule has 4 nitrogen and oxygen atoms in total. The van der Waals surface area contributed by atoms with Gasteiger partial charge in [-0.25, -0.2) is 4.98 Å². The molecule has 1 aromatic carbocycles. The van der Waals surface area contributed by atoms with Gasteiger partial charge in [0.05, 0.1) is 0 Å². The summed E-state index contributed by atoms with van der Waals surface area (Å²) in [6, 6.07) is 7.97. The monoisotopic (exact) mass is 243 g/mol. The highest BCUT2D eigenvalue weighted by Crippen LogP contribution is 2.24. The maximum Gasteiger partial charge on any atom is 0.277 e. The molecule has 2 heterocycles. The Labute approximate surface area is 102 Å². The molecule has 0 atom stereocenters. The maximum atomic E-state index is 5.58. The fraction of sp³-hybridized carbons (Fsp3) is 0.0833. The highest BCUT2D eigenvalue weighted by atomic mass is 32.1. The molecule has 0 unspecified atom stereocenters. The van der Waals surface area contributed by atoms with E-state index in [2.05, 4.69) is 15.2 Å². The standard InChI is InChI=1S/C12H9N3OS/c1-8-2-4-9(5-3-8)10-14-15-11(16-10)12-13-6-7-17-12/h2-7H,1H3. The van der Waals surface area contributed by atoms with Gasteiger partial charge in [-0.05, 0) is 19.1 Å². The van der Waals surface area contributed by atoms with Crippen molar-refractivity contribution in [3.8, 4) is 22.4 Å². The molecular weight excluding hydrogens is 234 g/mol. The molecule has 2 aromatic heterocycles. The molecule has 0 radical (unpaired) electrons. The molecule has 3 aromatic rings. The molecule has 0 aliphatic carbocycles. The third-order valence-electron chi connectivity index (χ3n) is 2.34. The van der Waals surface area contributed by atoms with E-state index in [4.69, 9.17) is 4.42 Å². The van der Waals surface area contributed by atoms with E-state index in [0.717, 1.165) is 10.6 Å². The zero-order valence-electron chi connectivity index (χ0n) is 9.12. The summed E-state index contributed by atoms with van der Waals surface area (Å²) in [5.74, 6) is 0.991. The number of nitrogens with zero attached hydrogens (tertiary/aromatic N) is 3. The molecule has 17 heavy (non-hydrogen) atoms. The molecule has 0 aliphatic rings. The summed E-state index contributed by atoms with van der Waals surface area (Å²) >= 11 is 1.48. The largest absolute Gasteiger partial charge is 0.414 e. The van der Waals surface area contributed by atoms with Gasteiger partial charge in [0.25, 0.3) is 5.89 Å². The van der Waals surface area contributed by atoms with Crippen LogP contribution in [0.15, 0.2) is 40.3 Å². The van der Waals surface area contributed by atoms with Crippen molar-refractivity contribution >= 4 is 11.3 Å². The van der Waals surface area contributed by atoms with Crippen molar-refractivity contribution in [1.29, 1.82) is 0 Å². The Balaban J connectivity index is 1.98. The number of thiazole rings is 1. The van der Waals surface area contributed by atoms with E-state index in [-0.39, 0.29) is 0 Å². The van der Waals surface area contributed by atoms with Gasteiger partial charge in [0.15, 0.2) is 5.01 Å². The molecule has 0 N–H and O–H groups in total. The van der Waals surface area contributed by atoms with E-state index in [1.54, 1.807) is 6.20 Å². The van der Waals surface area contributed by atoms with Crippen LogP contribution < -0.4 is 0 Å². The number of hydrogen-bond acceptors (Lipinski definition) is 5. The summed E-state index contributed by atoms with van der Waals surface area (Å²) in [5, 5.41) is 10.6. The number of aromatic nitrogens is 3. The molecule has 0 fully saturated rings. The number of aryl methyl sites for hydroxylation is 1. The predicted octanol–water partition coefficient (Wildman–Crippen LogP) is 3.17. The average Bonchev–Trinajstić information content (AvgIpc) is 3.00. The fourth-order valence-corrected chi connectivity index (χ4v) is 2.01. The summed E-state index contributed by atoms with van der Waals surface area (Å²) in [6.45, 7) is 2.04. The first-order chi connectivity index (χ1) is 8.33. The lowest BCUT2D eigenvalue weighted by Gasteiger charge is -1.94. The van der Waals surface area contributed by atoms with Crippen molar-refractivity contribution in [2.75, 3.05) is 0 Å². The molecule has 3 rings (SSSR count). The maximum absolute atomic E-state index is 5.58. The fourth-order valence-electron chi connectivity index (χ4n) is 1.45. The van der Waals surface area contributed by atoms with Gasteiger partial charge >= 0.3 is 0 Å². The zero-order chi connectivity index (χ0) is 11.7. The Bertz CT molecular complexity index is 614. The summed E-state index contributed by atoms with van der Waals surface area (Å²) in [7, 11) is 0. The van der Waals surface area contributed by atoms with Crippen LogP contribution in [0.5, 0.6) is 0 Å². The normalized spacial score (nSPS) is 10.6. The minimum atomic E-state index is 0.468. The lowest BCUT2D eigenvalue weighted by atomic mass is 10.1. The first-order valence-corrected chi connectivity index (χ1v) is 6.01. The second-order valence-electron chi connectivity index (χ2n) is 3.62. The van der Waals surface area contributed by atoms with Crippen molar-refractivity contribution in [3.05, 3.63) is 41.4 Å². The highest BCUT2D eigenvalue weighted by Gasteiger charge is 2.11. The quantitative estimate of drug-likeness (QED) is 0.693. The number of hydrogen-bond donors (Lipinski definition) is 0. The van der Waals surface area contributed by atoms with Gasteiger partial charge in [-0.3, -0.25) is 0 Å². The van der Waals surface area contributed by atoms with Crippen molar-refractivity contribution in [2.24, 2.45) is 0 Å². The van der Waals surface area contributed by atoms with E-state index in [9.17, 15) is 0 Å². The molecule has 0 amide bonds.